The molecule has 0 spiro atoms. The average molecular weight is 455 g/mol. The summed E-state index contributed by atoms with van der Waals surface area (Å²) in [5.74, 6) is 0.399. The number of hydrogen-bond acceptors (Lipinski definition) is 3. The van der Waals surface area contributed by atoms with Crippen LogP contribution < -0.4 is 15.4 Å². The van der Waals surface area contributed by atoms with Crippen LogP contribution in [0.5, 0.6) is 11.5 Å². The minimum Gasteiger partial charge on any atom is -0.454 e. The molecule has 0 unspecified atom stereocenters. The third-order valence-corrected chi connectivity index (χ3v) is 5.58. The molecule has 4 aromatic rings. The van der Waals surface area contributed by atoms with Gasteiger partial charge in [0.25, 0.3) is 5.91 Å². The number of carbonyl (C=O) groups is 2. The summed E-state index contributed by atoms with van der Waals surface area (Å²) in [6.07, 6.45) is 0.221. The van der Waals surface area contributed by atoms with Crippen molar-refractivity contribution in [2.75, 3.05) is 10.6 Å². The molecule has 5 nitrogen and oxygen atoms in total. The fourth-order valence-corrected chi connectivity index (χ4v) is 3.88. The summed E-state index contributed by atoms with van der Waals surface area (Å²) in [7, 11) is 0. The van der Waals surface area contributed by atoms with Gasteiger partial charge in [-0.3, -0.25) is 9.59 Å². The van der Waals surface area contributed by atoms with Gasteiger partial charge in [0.2, 0.25) is 5.91 Å². The standard InChI is InChI=1S/C27H19ClN2O3/c28-20-10-12-25-23(15-20)30-27(32)22-16-21(11-13-24(22)33-25)29-26(31)14-17-6-8-19(9-7-17)18-4-2-1-3-5-18/h1-13,15-16H,14H2,(H,29,31)(H,30,32). The number of rotatable bonds is 4. The van der Waals surface area contributed by atoms with Crippen molar-refractivity contribution in [1.29, 1.82) is 0 Å². The summed E-state index contributed by atoms with van der Waals surface area (Å²) >= 11 is 6.02. The zero-order valence-electron chi connectivity index (χ0n) is 17.5. The quantitative estimate of drug-likeness (QED) is 0.367. The molecule has 162 valence electrons. The van der Waals surface area contributed by atoms with E-state index in [2.05, 4.69) is 10.6 Å². The van der Waals surface area contributed by atoms with E-state index in [1.165, 1.54) is 0 Å². The molecule has 2 amide bonds. The average Bonchev–Trinajstić information content (AvgIpc) is 2.95. The molecule has 0 radical (unpaired) electrons. The van der Waals surface area contributed by atoms with Gasteiger partial charge in [-0.15, -0.1) is 0 Å². The van der Waals surface area contributed by atoms with Crippen molar-refractivity contribution in [3.05, 3.63) is 107 Å². The molecule has 4 aromatic carbocycles. The molecule has 0 aliphatic carbocycles. The Morgan fingerprint density at radius 3 is 2.36 bits per heavy atom. The van der Waals surface area contributed by atoms with Gasteiger partial charge < -0.3 is 15.4 Å². The first-order valence-corrected chi connectivity index (χ1v) is 10.8. The SMILES string of the molecule is O=C(Cc1ccc(-c2ccccc2)cc1)Nc1ccc2c(c1)C(=O)Nc1cc(Cl)ccc1O2. The Morgan fingerprint density at radius 1 is 0.848 bits per heavy atom. The molecule has 0 bridgehead atoms. The molecule has 0 saturated heterocycles. The third-order valence-electron chi connectivity index (χ3n) is 5.34. The van der Waals surface area contributed by atoms with Crippen LogP contribution >= 0.6 is 11.6 Å². The lowest BCUT2D eigenvalue weighted by atomic mass is 10.0. The molecule has 2 N–H and O–H groups in total. The minimum absolute atomic E-state index is 0.174. The summed E-state index contributed by atoms with van der Waals surface area (Å²) < 4.78 is 5.88. The van der Waals surface area contributed by atoms with Crippen molar-refractivity contribution in [2.45, 2.75) is 6.42 Å². The van der Waals surface area contributed by atoms with Crippen molar-refractivity contribution in [3.8, 4) is 22.6 Å². The van der Waals surface area contributed by atoms with Gasteiger partial charge >= 0.3 is 0 Å². The van der Waals surface area contributed by atoms with Gasteiger partial charge in [-0.05, 0) is 53.1 Å². The van der Waals surface area contributed by atoms with Crippen LogP contribution in [-0.4, -0.2) is 11.8 Å². The Balaban J connectivity index is 1.29. The maximum atomic E-state index is 12.7. The molecule has 33 heavy (non-hydrogen) atoms. The summed E-state index contributed by atoms with van der Waals surface area (Å²) in [5, 5.41) is 6.15. The molecule has 5 rings (SSSR count). The topological polar surface area (TPSA) is 67.4 Å². The Bertz CT molecular complexity index is 1350. The highest BCUT2D eigenvalue weighted by Crippen LogP contribution is 2.38. The second-order valence-electron chi connectivity index (χ2n) is 7.70. The number of benzene rings is 4. The Morgan fingerprint density at radius 2 is 1.58 bits per heavy atom. The molecule has 0 aromatic heterocycles. The highest BCUT2D eigenvalue weighted by molar-refractivity contribution is 6.31. The van der Waals surface area contributed by atoms with Crippen molar-refractivity contribution < 1.29 is 14.3 Å². The van der Waals surface area contributed by atoms with Crippen LogP contribution in [0.4, 0.5) is 11.4 Å². The first kappa shape index (κ1) is 20.8. The van der Waals surface area contributed by atoms with E-state index in [4.69, 9.17) is 16.3 Å². The molecule has 1 aliphatic rings. The van der Waals surface area contributed by atoms with Gasteiger partial charge in [0.1, 0.15) is 5.75 Å². The van der Waals surface area contributed by atoms with E-state index >= 15 is 0 Å². The second-order valence-corrected chi connectivity index (χ2v) is 8.13. The van der Waals surface area contributed by atoms with Gasteiger partial charge in [0.15, 0.2) is 5.75 Å². The smallest absolute Gasteiger partial charge is 0.259 e. The van der Waals surface area contributed by atoms with E-state index < -0.39 is 0 Å². The number of amides is 2. The monoisotopic (exact) mass is 454 g/mol. The predicted molar refractivity (Wildman–Crippen MR) is 130 cm³/mol. The van der Waals surface area contributed by atoms with E-state index in [1.807, 2.05) is 54.6 Å². The summed E-state index contributed by atoms with van der Waals surface area (Å²) in [6, 6.07) is 28.0. The van der Waals surface area contributed by atoms with Crippen molar-refractivity contribution in [2.24, 2.45) is 0 Å². The first-order chi connectivity index (χ1) is 16.0. The number of hydrogen-bond donors (Lipinski definition) is 2. The van der Waals surface area contributed by atoms with Gasteiger partial charge in [0, 0.05) is 10.7 Å². The highest BCUT2D eigenvalue weighted by atomic mass is 35.5. The Kier molecular flexibility index (Phi) is 5.55. The maximum Gasteiger partial charge on any atom is 0.259 e. The van der Waals surface area contributed by atoms with E-state index in [0.29, 0.717) is 33.5 Å². The first-order valence-electron chi connectivity index (χ1n) is 10.4. The number of fused-ring (bicyclic) bond motifs is 2. The van der Waals surface area contributed by atoms with Crippen LogP contribution in [0.15, 0.2) is 91.0 Å². The van der Waals surface area contributed by atoms with Gasteiger partial charge in [-0.2, -0.15) is 0 Å². The van der Waals surface area contributed by atoms with E-state index in [1.54, 1.807) is 36.4 Å². The molecule has 1 aliphatic heterocycles. The molecular weight excluding hydrogens is 436 g/mol. The van der Waals surface area contributed by atoms with E-state index in [9.17, 15) is 9.59 Å². The van der Waals surface area contributed by atoms with Crippen LogP contribution in [0.25, 0.3) is 11.1 Å². The summed E-state index contributed by atoms with van der Waals surface area (Å²) in [4.78, 5) is 25.3. The zero-order chi connectivity index (χ0) is 22.8. The fraction of sp³-hybridized carbons (Fsp3) is 0.0370. The van der Waals surface area contributed by atoms with Crippen LogP contribution in [0.1, 0.15) is 15.9 Å². The molecule has 0 fully saturated rings. The zero-order valence-corrected chi connectivity index (χ0v) is 18.2. The molecule has 0 saturated carbocycles. The van der Waals surface area contributed by atoms with Crippen LogP contribution in [0, 0.1) is 0 Å². The normalized spacial score (nSPS) is 12.0. The molecule has 0 atom stereocenters. The summed E-state index contributed by atoms with van der Waals surface area (Å²) in [6.45, 7) is 0. The molecular formula is C27H19ClN2O3. The lowest BCUT2D eigenvalue weighted by molar-refractivity contribution is -0.115. The van der Waals surface area contributed by atoms with Crippen LogP contribution in [0.3, 0.4) is 0 Å². The van der Waals surface area contributed by atoms with Crippen molar-refractivity contribution in [3.63, 3.8) is 0 Å². The number of ether oxygens (including phenoxy) is 1. The van der Waals surface area contributed by atoms with Gasteiger partial charge in [0.05, 0.1) is 17.7 Å². The number of anilines is 2. The summed E-state index contributed by atoms with van der Waals surface area (Å²) in [5.41, 5.74) is 4.46. The fourth-order valence-electron chi connectivity index (χ4n) is 3.71. The number of nitrogens with one attached hydrogen (secondary N) is 2. The van der Waals surface area contributed by atoms with Crippen molar-refractivity contribution in [1.82, 2.24) is 0 Å². The van der Waals surface area contributed by atoms with Crippen LogP contribution in [-0.2, 0) is 11.2 Å². The molecule has 1 heterocycles. The van der Waals surface area contributed by atoms with E-state index in [0.717, 1.165) is 16.7 Å². The third kappa shape index (κ3) is 4.59. The predicted octanol–water partition coefficient (Wildman–Crippen LogP) is 6.55. The number of halogens is 1. The Labute approximate surface area is 196 Å². The van der Waals surface area contributed by atoms with Crippen LogP contribution in [0.2, 0.25) is 5.02 Å². The van der Waals surface area contributed by atoms with Gasteiger partial charge in [-0.1, -0.05) is 66.2 Å². The van der Waals surface area contributed by atoms with Crippen molar-refractivity contribution >= 4 is 34.8 Å². The number of carbonyl (C=O) groups excluding carboxylic acids is 2. The maximum absolute atomic E-state index is 12.7. The largest absolute Gasteiger partial charge is 0.454 e. The highest BCUT2D eigenvalue weighted by Gasteiger charge is 2.22. The minimum atomic E-state index is -0.335. The second kappa shape index (κ2) is 8.81. The lowest BCUT2D eigenvalue weighted by Crippen LogP contribution is -2.15. The van der Waals surface area contributed by atoms with E-state index in [-0.39, 0.29) is 18.2 Å². The molecule has 6 heteroatoms. The Hall–Kier alpha value is -4.09. The van der Waals surface area contributed by atoms with Gasteiger partial charge in [-0.25, -0.2) is 0 Å². The lowest BCUT2D eigenvalue weighted by Gasteiger charge is -2.10.